The standard InChI is InChI=1S/C25H36N4O.HI/c1-25(2,3)30-23-13-9-8-12-21(23)18-27-24(26-4)28-22-14-16-29(17-15-22)19-20-10-6-5-7-11-20;/h5-13,22H,14-19H2,1-4H3,(H2,26,27,28);1H. The summed E-state index contributed by atoms with van der Waals surface area (Å²) in [5, 5.41) is 7.05. The summed E-state index contributed by atoms with van der Waals surface area (Å²) in [5.41, 5.74) is 2.30. The van der Waals surface area contributed by atoms with Gasteiger partial charge in [-0.15, -0.1) is 24.0 Å². The summed E-state index contributed by atoms with van der Waals surface area (Å²) in [5.74, 6) is 1.77. The molecule has 0 amide bonds. The Hall–Kier alpha value is -1.80. The van der Waals surface area contributed by atoms with E-state index in [1.165, 1.54) is 5.56 Å². The maximum Gasteiger partial charge on any atom is 0.191 e. The van der Waals surface area contributed by atoms with E-state index in [4.69, 9.17) is 4.74 Å². The number of ether oxygens (including phenoxy) is 1. The number of benzene rings is 2. The van der Waals surface area contributed by atoms with Crippen molar-refractivity contribution in [2.45, 2.75) is 58.3 Å². The number of hydrogen-bond donors (Lipinski definition) is 2. The molecular formula is C25H37IN4O. The van der Waals surface area contributed by atoms with Gasteiger partial charge in [0.15, 0.2) is 5.96 Å². The monoisotopic (exact) mass is 536 g/mol. The maximum absolute atomic E-state index is 6.10. The second-order valence-electron chi connectivity index (χ2n) is 8.93. The lowest BCUT2D eigenvalue weighted by Crippen LogP contribution is -2.48. The molecule has 3 rings (SSSR count). The Morgan fingerprint density at radius 3 is 2.32 bits per heavy atom. The molecular weight excluding hydrogens is 499 g/mol. The molecule has 1 saturated heterocycles. The van der Waals surface area contributed by atoms with E-state index in [2.05, 4.69) is 77.7 Å². The van der Waals surface area contributed by atoms with Crippen molar-refractivity contribution in [2.75, 3.05) is 20.1 Å². The van der Waals surface area contributed by atoms with Crippen LogP contribution in [0.4, 0.5) is 0 Å². The second-order valence-corrected chi connectivity index (χ2v) is 8.93. The fourth-order valence-corrected chi connectivity index (χ4v) is 3.72. The highest BCUT2D eigenvalue weighted by molar-refractivity contribution is 14.0. The van der Waals surface area contributed by atoms with Gasteiger partial charge >= 0.3 is 0 Å². The van der Waals surface area contributed by atoms with Crippen LogP contribution in [-0.4, -0.2) is 42.6 Å². The van der Waals surface area contributed by atoms with Crippen molar-refractivity contribution in [3.8, 4) is 5.75 Å². The molecule has 1 aliphatic rings. The molecule has 0 radical (unpaired) electrons. The molecule has 2 aromatic rings. The van der Waals surface area contributed by atoms with Gasteiger partial charge in [-0.25, -0.2) is 0 Å². The smallest absolute Gasteiger partial charge is 0.191 e. The van der Waals surface area contributed by atoms with Gasteiger partial charge in [-0.3, -0.25) is 9.89 Å². The van der Waals surface area contributed by atoms with Gasteiger partial charge < -0.3 is 15.4 Å². The molecule has 0 unspecified atom stereocenters. The lowest BCUT2D eigenvalue weighted by Gasteiger charge is -2.33. The molecule has 2 aromatic carbocycles. The van der Waals surface area contributed by atoms with E-state index in [0.717, 1.165) is 49.7 Å². The van der Waals surface area contributed by atoms with Crippen molar-refractivity contribution in [3.63, 3.8) is 0 Å². The highest BCUT2D eigenvalue weighted by Crippen LogP contribution is 2.23. The summed E-state index contributed by atoms with van der Waals surface area (Å²) in [6.07, 6.45) is 2.24. The number of halogens is 1. The first-order valence-corrected chi connectivity index (χ1v) is 10.9. The maximum atomic E-state index is 6.10. The SMILES string of the molecule is CN=C(NCc1ccccc1OC(C)(C)C)NC1CCN(Cc2ccccc2)CC1.I. The van der Waals surface area contributed by atoms with Crippen LogP contribution < -0.4 is 15.4 Å². The Kier molecular flexibility index (Phi) is 10.1. The molecule has 6 heteroatoms. The van der Waals surface area contributed by atoms with Crippen molar-refractivity contribution in [1.29, 1.82) is 0 Å². The van der Waals surface area contributed by atoms with Crippen LogP contribution in [0.3, 0.4) is 0 Å². The van der Waals surface area contributed by atoms with Crippen LogP contribution in [0.25, 0.3) is 0 Å². The number of hydrogen-bond acceptors (Lipinski definition) is 3. The average molecular weight is 537 g/mol. The Labute approximate surface area is 204 Å². The first-order valence-electron chi connectivity index (χ1n) is 10.9. The summed E-state index contributed by atoms with van der Waals surface area (Å²) in [4.78, 5) is 6.96. The molecule has 0 aromatic heterocycles. The van der Waals surface area contributed by atoms with Gasteiger partial charge in [0, 0.05) is 44.8 Å². The van der Waals surface area contributed by atoms with Crippen molar-refractivity contribution in [2.24, 2.45) is 4.99 Å². The van der Waals surface area contributed by atoms with E-state index in [9.17, 15) is 0 Å². The van der Waals surface area contributed by atoms with Gasteiger partial charge in [-0.2, -0.15) is 0 Å². The van der Waals surface area contributed by atoms with E-state index < -0.39 is 0 Å². The zero-order chi connectivity index (χ0) is 21.4. The minimum absolute atomic E-state index is 0. The molecule has 0 bridgehead atoms. The quantitative estimate of drug-likeness (QED) is 0.316. The lowest BCUT2D eigenvalue weighted by atomic mass is 10.0. The molecule has 31 heavy (non-hydrogen) atoms. The number of para-hydroxylation sites is 1. The predicted octanol–water partition coefficient (Wildman–Crippen LogP) is 4.81. The third-order valence-electron chi connectivity index (χ3n) is 5.24. The second kappa shape index (κ2) is 12.3. The van der Waals surface area contributed by atoms with E-state index in [1.54, 1.807) is 0 Å². The number of guanidine groups is 1. The predicted molar refractivity (Wildman–Crippen MR) is 140 cm³/mol. The van der Waals surface area contributed by atoms with Crippen LogP contribution in [0.5, 0.6) is 5.75 Å². The summed E-state index contributed by atoms with van der Waals surface area (Å²) in [6.45, 7) is 10.1. The molecule has 170 valence electrons. The lowest BCUT2D eigenvalue weighted by molar-refractivity contribution is 0.129. The molecule has 1 heterocycles. The van der Waals surface area contributed by atoms with Crippen molar-refractivity contribution in [3.05, 3.63) is 65.7 Å². The van der Waals surface area contributed by atoms with E-state index >= 15 is 0 Å². The Morgan fingerprint density at radius 1 is 1.03 bits per heavy atom. The largest absolute Gasteiger partial charge is 0.488 e. The Balaban J connectivity index is 0.00000341. The van der Waals surface area contributed by atoms with Crippen molar-refractivity contribution >= 4 is 29.9 Å². The van der Waals surface area contributed by atoms with E-state index in [1.807, 2.05) is 25.2 Å². The molecule has 0 spiro atoms. The number of nitrogens with one attached hydrogen (secondary N) is 2. The first kappa shape index (κ1) is 25.5. The van der Waals surface area contributed by atoms with E-state index in [-0.39, 0.29) is 29.6 Å². The first-order chi connectivity index (χ1) is 14.4. The summed E-state index contributed by atoms with van der Waals surface area (Å²) in [7, 11) is 1.83. The molecule has 0 aliphatic carbocycles. The van der Waals surface area contributed by atoms with Crippen LogP contribution in [-0.2, 0) is 13.1 Å². The number of likely N-dealkylation sites (tertiary alicyclic amines) is 1. The topological polar surface area (TPSA) is 48.9 Å². The number of rotatable bonds is 6. The third kappa shape index (κ3) is 8.69. The third-order valence-corrected chi connectivity index (χ3v) is 5.24. The Morgan fingerprint density at radius 2 is 1.68 bits per heavy atom. The van der Waals surface area contributed by atoms with Crippen LogP contribution in [0.1, 0.15) is 44.7 Å². The van der Waals surface area contributed by atoms with Crippen LogP contribution >= 0.6 is 24.0 Å². The summed E-state index contributed by atoms with van der Waals surface area (Å²) in [6, 6.07) is 19.4. The van der Waals surface area contributed by atoms with Gasteiger partial charge in [-0.1, -0.05) is 48.5 Å². The molecule has 1 fully saturated rings. The van der Waals surface area contributed by atoms with Gasteiger partial charge in [-0.05, 0) is 45.2 Å². The Bertz CT molecular complexity index is 812. The molecule has 0 atom stereocenters. The minimum atomic E-state index is -0.219. The van der Waals surface area contributed by atoms with Crippen molar-refractivity contribution < 1.29 is 4.74 Å². The highest BCUT2D eigenvalue weighted by atomic mass is 127. The van der Waals surface area contributed by atoms with Gasteiger partial charge in [0.25, 0.3) is 0 Å². The normalized spacial score (nSPS) is 15.8. The zero-order valence-corrected chi connectivity index (χ0v) is 21.6. The number of aliphatic imine (C=N–C) groups is 1. The fraction of sp³-hybridized carbons (Fsp3) is 0.480. The fourth-order valence-electron chi connectivity index (χ4n) is 3.72. The molecule has 1 aliphatic heterocycles. The van der Waals surface area contributed by atoms with E-state index in [0.29, 0.717) is 12.6 Å². The molecule has 0 saturated carbocycles. The highest BCUT2D eigenvalue weighted by Gasteiger charge is 2.20. The van der Waals surface area contributed by atoms with Crippen LogP contribution in [0.15, 0.2) is 59.6 Å². The molecule has 5 nitrogen and oxygen atoms in total. The van der Waals surface area contributed by atoms with Gasteiger partial charge in [0.05, 0.1) is 0 Å². The zero-order valence-electron chi connectivity index (χ0n) is 19.2. The summed E-state index contributed by atoms with van der Waals surface area (Å²) < 4.78 is 6.10. The van der Waals surface area contributed by atoms with Gasteiger partial charge in [0.2, 0.25) is 0 Å². The summed E-state index contributed by atoms with van der Waals surface area (Å²) >= 11 is 0. The van der Waals surface area contributed by atoms with Crippen LogP contribution in [0, 0.1) is 0 Å². The average Bonchev–Trinajstić information content (AvgIpc) is 2.73. The minimum Gasteiger partial charge on any atom is -0.488 e. The van der Waals surface area contributed by atoms with Crippen LogP contribution in [0.2, 0.25) is 0 Å². The number of nitrogens with zero attached hydrogens (tertiary/aromatic N) is 2. The molecule has 2 N–H and O–H groups in total. The number of piperidine rings is 1. The van der Waals surface area contributed by atoms with Crippen molar-refractivity contribution in [1.82, 2.24) is 15.5 Å². The van der Waals surface area contributed by atoms with Gasteiger partial charge in [0.1, 0.15) is 11.4 Å².